The van der Waals surface area contributed by atoms with Gasteiger partial charge in [-0.1, -0.05) is 61.9 Å². The van der Waals surface area contributed by atoms with E-state index in [9.17, 15) is 0 Å². The van der Waals surface area contributed by atoms with Crippen LogP contribution in [-0.2, 0) is 12.8 Å². The van der Waals surface area contributed by atoms with Gasteiger partial charge in [0.05, 0.1) is 6.04 Å². The lowest BCUT2D eigenvalue weighted by molar-refractivity contribution is 0.577. The zero-order valence-electron chi connectivity index (χ0n) is 12.2. The molecule has 2 aromatic rings. The summed E-state index contributed by atoms with van der Waals surface area (Å²) >= 11 is 0. The van der Waals surface area contributed by atoms with Crippen LogP contribution in [0.25, 0.3) is 0 Å². The molecule has 0 amide bonds. The van der Waals surface area contributed by atoms with E-state index >= 15 is 0 Å². The Morgan fingerprint density at radius 1 is 0.900 bits per heavy atom. The molecule has 0 spiro atoms. The summed E-state index contributed by atoms with van der Waals surface area (Å²) in [7, 11) is 0. The average Bonchev–Trinajstić information content (AvgIpc) is 2.66. The van der Waals surface area contributed by atoms with Gasteiger partial charge in [-0.05, 0) is 48.1 Å². The number of benzene rings is 2. The van der Waals surface area contributed by atoms with Crippen molar-refractivity contribution >= 4 is 0 Å². The molecule has 0 radical (unpaired) electrons. The fourth-order valence-corrected chi connectivity index (χ4v) is 3.17. The summed E-state index contributed by atoms with van der Waals surface area (Å²) in [6.45, 7) is 3.33. The average molecular weight is 265 g/mol. The summed E-state index contributed by atoms with van der Waals surface area (Å²) in [6.07, 6.45) is 4.78. The van der Waals surface area contributed by atoms with Gasteiger partial charge in [0.1, 0.15) is 0 Å². The van der Waals surface area contributed by atoms with Crippen molar-refractivity contribution in [2.45, 2.75) is 38.6 Å². The second kappa shape index (κ2) is 6.23. The Bertz CT molecular complexity index is 526. The van der Waals surface area contributed by atoms with Crippen molar-refractivity contribution in [3.8, 4) is 0 Å². The molecule has 0 aliphatic heterocycles. The lowest BCUT2D eigenvalue weighted by atomic mass is 9.94. The van der Waals surface area contributed by atoms with Gasteiger partial charge in [0.15, 0.2) is 0 Å². The quantitative estimate of drug-likeness (QED) is 0.814. The van der Waals surface area contributed by atoms with Crippen LogP contribution >= 0.6 is 0 Å². The lowest BCUT2D eigenvalue weighted by Gasteiger charge is -2.22. The van der Waals surface area contributed by atoms with E-state index in [0.29, 0.717) is 6.04 Å². The molecule has 20 heavy (non-hydrogen) atoms. The van der Waals surface area contributed by atoms with Crippen LogP contribution in [0.15, 0.2) is 48.5 Å². The van der Waals surface area contributed by atoms with Crippen LogP contribution < -0.4 is 5.32 Å². The Hall–Kier alpha value is -1.60. The zero-order chi connectivity index (χ0) is 13.8. The number of rotatable bonds is 4. The molecule has 0 bridgehead atoms. The Labute approximate surface area is 122 Å². The van der Waals surface area contributed by atoms with Gasteiger partial charge in [0.25, 0.3) is 0 Å². The second-order valence-electron chi connectivity index (χ2n) is 5.64. The molecule has 0 fully saturated rings. The van der Waals surface area contributed by atoms with Crippen molar-refractivity contribution < 1.29 is 0 Å². The van der Waals surface area contributed by atoms with Crippen LogP contribution in [0.5, 0.6) is 0 Å². The van der Waals surface area contributed by atoms with Crippen molar-refractivity contribution in [3.63, 3.8) is 0 Å². The fourth-order valence-electron chi connectivity index (χ4n) is 3.17. The summed E-state index contributed by atoms with van der Waals surface area (Å²) in [5.74, 6) is 0. The van der Waals surface area contributed by atoms with E-state index in [1.54, 1.807) is 0 Å². The zero-order valence-corrected chi connectivity index (χ0v) is 12.2. The van der Waals surface area contributed by atoms with E-state index in [1.807, 2.05) is 0 Å². The summed E-state index contributed by atoms with van der Waals surface area (Å²) in [5.41, 5.74) is 5.93. The molecule has 0 saturated carbocycles. The first-order chi connectivity index (χ1) is 9.90. The predicted octanol–water partition coefficient (Wildman–Crippen LogP) is 4.26. The van der Waals surface area contributed by atoms with E-state index in [-0.39, 0.29) is 0 Å². The minimum Gasteiger partial charge on any atom is -0.306 e. The first-order valence-electron chi connectivity index (χ1n) is 7.79. The first-order valence-corrected chi connectivity index (χ1v) is 7.79. The van der Waals surface area contributed by atoms with Gasteiger partial charge >= 0.3 is 0 Å². The largest absolute Gasteiger partial charge is 0.306 e. The normalized spacial score (nSPS) is 14.4. The minimum absolute atomic E-state index is 0.358. The van der Waals surface area contributed by atoms with E-state index in [4.69, 9.17) is 0 Å². The molecule has 0 unspecified atom stereocenters. The maximum atomic E-state index is 3.77. The second-order valence-corrected chi connectivity index (χ2v) is 5.64. The van der Waals surface area contributed by atoms with Crippen LogP contribution in [-0.4, -0.2) is 6.54 Å². The van der Waals surface area contributed by atoms with Crippen LogP contribution in [0.1, 0.15) is 48.1 Å². The molecule has 2 aromatic carbocycles. The third-order valence-corrected chi connectivity index (χ3v) is 4.27. The number of nitrogens with one attached hydrogen (secondary N) is 1. The first kappa shape index (κ1) is 13.4. The van der Waals surface area contributed by atoms with Crippen molar-refractivity contribution in [1.82, 2.24) is 5.32 Å². The molecule has 104 valence electrons. The Balaban J connectivity index is 2.00. The SMILES string of the molecule is CCCCNC1c2ccccc2CCc2ccccc21. The van der Waals surface area contributed by atoms with E-state index in [1.165, 1.54) is 35.1 Å². The Kier molecular flexibility index (Phi) is 4.17. The molecular weight excluding hydrogens is 242 g/mol. The Morgan fingerprint density at radius 2 is 1.45 bits per heavy atom. The predicted molar refractivity (Wildman–Crippen MR) is 85.0 cm³/mol. The molecule has 1 heteroatoms. The van der Waals surface area contributed by atoms with Crippen LogP contribution in [0.2, 0.25) is 0 Å². The monoisotopic (exact) mass is 265 g/mol. The van der Waals surface area contributed by atoms with Crippen molar-refractivity contribution in [2.75, 3.05) is 6.54 Å². The third kappa shape index (κ3) is 2.64. The molecule has 0 heterocycles. The molecule has 3 rings (SSSR count). The molecule has 1 nitrogen and oxygen atoms in total. The smallest absolute Gasteiger partial charge is 0.0582 e. The highest BCUT2D eigenvalue weighted by Gasteiger charge is 2.22. The van der Waals surface area contributed by atoms with Crippen molar-refractivity contribution in [2.24, 2.45) is 0 Å². The molecule has 0 aromatic heterocycles. The molecular formula is C19H23N. The third-order valence-electron chi connectivity index (χ3n) is 4.27. The fraction of sp³-hybridized carbons (Fsp3) is 0.368. The van der Waals surface area contributed by atoms with Gasteiger partial charge in [0, 0.05) is 0 Å². The summed E-state index contributed by atoms with van der Waals surface area (Å²) in [5, 5.41) is 3.77. The summed E-state index contributed by atoms with van der Waals surface area (Å²) in [4.78, 5) is 0. The van der Waals surface area contributed by atoms with Gasteiger partial charge < -0.3 is 5.32 Å². The standard InChI is InChI=1S/C19H23N/c1-2-3-14-20-19-17-10-6-4-8-15(17)12-13-16-9-5-7-11-18(16)19/h4-11,19-20H,2-3,12-14H2,1H3. The van der Waals surface area contributed by atoms with Crippen LogP contribution in [0.4, 0.5) is 0 Å². The molecule has 0 saturated heterocycles. The molecule has 0 atom stereocenters. The van der Waals surface area contributed by atoms with E-state index in [0.717, 1.165) is 19.4 Å². The number of aryl methyl sites for hydroxylation is 2. The highest BCUT2D eigenvalue weighted by atomic mass is 14.9. The van der Waals surface area contributed by atoms with Crippen molar-refractivity contribution in [1.29, 1.82) is 0 Å². The van der Waals surface area contributed by atoms with E-state index in [2.05, 4.69) is 60.8 Å². The maximum Gasteiger partial charge on any atom is 0.0582 e. The number of hydrogen-bond acceptors (Lipinski definition) is 1. The lowest BCUT2D eigenvalue weighted by Crippen LogP contribution is -2.24. The highest BCUT2D eigenvalue weighted by molar-refractivity contribution is 5.44. The number of hydrogen-bond donors (Lipinski definition) is 1. The summed E-state index contributed by atoms with van der Waals surface area (Å²) in [6, 6.07) is 18.2. The van der Waals surface area contributed by atoms with Crippen LogP contribution in [0.3, 0.4) is 0 Å². The van der Waals surface area contributed by atoms with E-state index < -0.39 is 0 Å². The number of unbranched alkanes of at least 4 members (excludes halogenated alkanes) is 1. The van der Waals surface area contributed by atoms with Gasteiger partial charge in [-0.3, -0.25) is 0 Å². The van der Waals surface area contributed by atoms with Gasteiger partial charge in [-0.15, -0.1) is 0 Å². The molecule has 1 aliphatic rings. The Morgan fingerprint density at radius 3 is 2.00 bits per heavy atom. The van der Waals surface area contributed by atoms with Crippen molar-refractivity contribution in [3.05, 3.63) is 70.8 Å². The van der Waals surface area contributed by atoms with Gasteiger partial charge in [-0.25, -0.2) is 0 Å². The number of fused-ring (bicyclic) bond motifs is 2. The van der Waals surface area contributed by atoms with Gasteiger partial charge in [0.2, 0.25) is 0 Å². The van der Waals surface area contributed by atoms with Crippen LogP contribution in [0, 0.1) is 0 Å². The summed E-state index contributed by atoms with van der Waals surface area (Å²) < 4.78 is 0. The maximum absolute atomic E-state index is 3.77. The minimum atomic E-state index is 0.358. The molecule has 1 aliphatic carbocycles. The highest BCUT2D eigenvalue weighted by Crippen LogP contribution is 2.32. The molecule has 1 N–H and O–H groups in total. The topological polar surface area (TPSA) is 12.0 Å². The van der Waals surface area contributed by atoms with Gasteiger partial charge in [-0.2, -0.15) is 0 Å².